The molecule has 1 aliphatic rings. The van der Waals surface area contributed by atoms with Crippen molar-refractivity contribution in [3.05, 3.63) is 11.8 Å². The molecule has 5 nitrogen and oxygen atoms in total. The number of nitrogens with zero attached hydrogens (tertiary/aromatic N) is 1. The number of carbonyl (C=O) groups excluding carboxylic acids is 2. The van der Waals surface area contributed by atoms with Gasteiger partial charge in [0.25, 0.3) is 0 Å². The van der Waals surface area contributed by atoms with Crippen LogP contribution >= 0.6 is 0 Å². The lowest BCUT2D eigenvalue weighted by Crippen LogP contribution is -2.32. The number of methoxy groups -OCH3 is 1. The van der Waals surface area contributed by atoms with Gasteiger partial charge >= 0.3 is 12.1 Å². The van der Waals surface area contributed by atoms with E-state index in [9.17, 15) is 9.59 Å². The van der Waals surface area contributed by atoms with Crippen molar-refractivity contribution in [3.63, 3.8) is 0 Å². The van der Waals surface area contributed by atoms with Crippen LogP contribution in [0.1, 0.15) is 46.0 Å². The second-order valence-electron chi connectivity index (χ2n) is 4.86. The maximum Gasteiger partial charge on any atom is 0.414 e. The van der Waals surface area contributed by atoms with Gasteiger partial charge in [-0.3, -0.25) is 9.69 Å². The highest BCUT2D eigenvalue weighted by atomic mass is 16.5. The monoisotopic (exact) mass is 293 g/mol. The highest BCUT2D eigenvalue weighted by Crippen LogP contribution is 2.15. The Kier molecular flexibility index (Phi) is 7.38. The lowest BCUT2D eigenvalue weighted by atomic mass is 10.1. The minimum Gasteiger partial charge on any atom is -0.452 e. The average Bonchev–Trinajstić information content (AvgIpc) is 2.49. The van der Waals surface area contributed by atoms with Crippen LogP contribution in [-0.4, -0.2) is 36.7 Å². The summed E-state index contributed by atoms with van der Waals surface area (Å²) in [5.74, 6) is 5.57. The first-order chi connectivity index (χ1) is 10.1. The van der Waals surface area contributed by atoms with Gasteiger partial charge in [0.1, 0.15) is 0 Å². The first-order valence-electron chi connectivity index (χ1n) is 7.32. The fourth-order valence-corrected chi connectivity index (χ4v) is 2.04. The van der Waals surface area contributed by atoms with E-state index in [0.29, 0.717) is 18.7 Å². The summed E-state index contributed by atoms with van der Waals surface area (Å²) in [4.78, 5) is 24.3. The molecule has 0 spiro atoms. The summed E-state index contributed by atoms with van der Waals surface area (Å²) < 4.78 is 9.94. The largest absolute Gasteiger partial charge is 0.452 e. The van der Waals surface area contributed by atoms with Gasteiger partial charge in [0, 0.05) is 13.5 Å². The van der Waals surface area contributed by atoms with Crippen LogP contribution in [-0.2, 0) is 14.3 Å². The Morgan fingerprint density at radius 2 is 2.24 bits per heavy atom. The number of esters is 1. The molecule has 0 aromatic rings. The van der Waals surface area contributed by atoms with Gasteiger partial charge in [0.15, 0.2) is 6.10 Å². The summed E-state index contributed by atoms with van der Waals surface area (Å²) >= 11 is 0. The van der Waals surface area contributed by atoms with Gasteiger partial charge in [0.05, 0.1) is 12.8 Å². The van der Waals surface area contributed by atoms with Crippen molar-refractivity contribution in [2.75, 3.05) is 13.7 Å². The molecule has 1 atom stereocenters. The van der Waals surface area contributed by atoms with E-state index < -0.39 is 12.2 Å². The lowest BCUT2D eigenvalue weighted by Gasteiger charge is -2.24. The Morgan fingerprint density at radius 3 is 2.86 bits per heavy atom. The first kappa shape index (κ1) is 17.1. The summed E-state index contributed by atoms with van der Waals surface area (Å²) in [7, 11) is 1.35. The molecular formula is C16H23NO4. The van der Waals surface area contributed by atoms with E-state index >= 15 is 0 Å². The van der Waals surface area contributed by atoms with Crippen LogP contribution in [0, 0.1) is 11.8 Å². The molecule has 0 aromatic carbocycles. The average molecular weight is 293 g/mol. The fraction of sp³-hybridized carbons (Fsp3) is 0.625. The van der Waals surface area contributed by atoms with Gasteiger partial charge in [-0.05, 0) is 31.6 Å². The highest BCUT2D eigenvalue weighted by molar-refractivity contribution is 5.71. The molecule has 0 saturated carbocycles. The van der Waals surface area contributed by atoms with E-state index in [1.807, 2.05) is 6.08 Å². The molecule has 0 bridgehead atoms. The van der Waals surface area contributed by atoms with Crippen LogP contribution in [0.15, 0.2) is 11.8 Å². The molecule has 0 fully saturated rings. The van der Waals surface area contributed by atoms with Crippen LogP contribution < -0.4 is 0 Å². The molecule has 0 N–H and O–H groups in total. The Bertz CT molecular complexity index is 459. The number of hydrogen-bond acceptors (Lipinski definition) is 4. The molecule has 1 heterocycles. The predicted octanol–water partition coefficient (Wildman–Crippen LogP) is 2.86. The van der Waals surface area contributed by atoms with Crippen LogP contribution in [0.4, 0.5) is 4.79 Å². The quantitative estimate of drug-likeness (QED) is 0.591. The SMILES string of the molecule is CCCCC(C#CC1=CCCCN1C(=O)OC)OC(C)=O. The smallest absolute Gasteiger partial charge is 0.414 e. The second-order valence-corrected chi connectivity index (χ2v) is 4.86. The molecule has 21 heavy (non-hydrogen) atoms. The van der Waals surface area contributed by atoms with E-state index in [-0.39, 0.29) is 5.97 Å². The van der Waals surface area contributed by atoms with Gasteiger partial charge in [-0.15, -0.1) is 0 Å². The van der Waals surface area contributed by atoms with Crippen molar-refractivity contribution < 1.29 is 19.1 Å². The van der Waals surface area contributed by atoms with Gasteiger partial charge in [-0.1, -0.05) is 25.3 Å². The third kappa shape index (κ3) is 5.90. The van der Waals surface area contributed by atoms with Crippen molar-refractivity contribution in [2.45, 2.75) is 52.1 Å². The molecule has 5 heteroatoms. The number of ether oxygens (including phenoxy) is 2. The number of unbranched alkanes of at least 4 members (excludes halogenated alkanes) is 1. The van der Waals surface area contributed by atoms with E-state index in [4.69, 9.17) is 9.47 Å². The van der Waals surface area contributed by atoms with Crippen molar-refractivity contribution >= 4 is 12.1 Å². The number of allylic oxidation sites excluding steroid dienone is 2. The number of rotatable bonds is 4. The van der Waals surface area contributed by atoms with Crippen molar-refractivity contribution in [3.8, 4) is 11.8 Å². The maximum atomic E-state index is 11.7. The summed E-state index contributed by atoms with van der Waals surface area (Å²) in [6.07, 6.45) is 5.50. The molecule has 1 aliphatic heterocycles. The fourth-order valence-electron chi connectivity index (χ4n) is 2.04. The molecule has 0 aromatic heterocycles. The first-order valence-corrected chi connectivity index (χ1v) is 7.32. The molecule has 116 valence electrons. The third-order valence-corrected chi connectivity index (χ3v) is 3.10. The Morgan fingerprint density at radius 1 is 1.48 bits per heavy atom. The predicted molar refractivity (Wildman–Crippen MR) is 79.3 cm³/mol. The van der Waals surface area contributed by atoms with E-state index in [2.05, 4.69) is 18.8 Å². The molecule has 1 unspecified atom stereocenters. The Labute approximate surface area is 126 Å². The van der Waals surface area contributed by atoms with E-state index in [0.717, 1.165) is 25.7 Å². The third-order valence-electron chi connectivity index (χ3n) is 3.10. The van der Waals surface area contributed by atoms with Crippen LogP contribution in [0.5, 0.6) is 0 Å². The molecule has 1 rings (SSSR count). The van der Waals surface area contributed by atoms with Crippen molar-refractivity contribution in [2.24, 2.45) is 0 Å². The topological polar surface area (TPSA) is 55.8 Å². The highest BCUT2D eigenvalue weighted by Gasteiger charge is 2.20. The molecule has 1 amide bonds. The summed E-state index contributed by atoms with van der Waals surface area (Å²) in [6.45, 7) is 4.04. The summed E-state index contributed by atoms with van der Waals surface area (Å²) in [5.41, 5.74) is 0.627. The van der Waals surface area contributed by atoms with Crippen molar-refractivity contribution in [1.29, 1.82) is 0 Å². The van der Waals surface area contributed by atoms with Crippen LogP contribution in [0.3, 0.4) is 0 Å². The lowest BCUT2D eigenvalue weighted by molar-refractivity contribution is -0.144. The zero-order chi connectivity index (χ0) is 15.7. The normalized spacial score (nSPS) is 15.4. The molecule has 0 radical (unpaired) electrons. The summed E-state index contributed by atoms with van der Waals surface area (Å²) in [5, 5.41) is 0. The van der Waals surface area contributed by atoms with Gasteiger partial charge in [0.2, 0.25) is 0 Å². The number of amides is 1. The number of hydrogen-bond donors (Lipinski definition) is 0. The molecule has 0 aliphatic carbocycles. The van der Waals surface area contributed by atoms with Gasteiger partial charge in [-0.25, -0.2) is 4.79 Å². The molecule has 0 saturated heterocycles. The van der Waals surface area contributed by atoms with Crippen LogP contribution in [0.25, 0.3) is 0 Å². The van der Waals surface area contributed by atoms with Gasteiger partial charge in [-0.2, -0.15) is 0 Å². The Hall–Kier alpha value is -1.96. The zero-order valence-corrected chi connectivity index (χ0v) is 13.0. The molecular weight excluding hydrogens is 270 g/mol. The Balaban J connectivity index is 2.80. The minimum absolute atomic E-state index is 0.340. The van der Waals surface area contributed by atoms with Crippen molar-refractivity contribution in [1.82, 2.24) is 4.90 Å². The minimum atomic E-state index is -0.426. The van der Waals surface area contributed by atoms with E-state index in [1.54, 1.807) is 0 Å². The number of carbonyl (C=O) groups is 2. The summed E-state index contributed by atoms with van der Waals surface area (Å²) in [6, 6.07) is 0. The second kappa shape index (κ2) is 9.06. The zero-order valence-electron chi connectivity index (χ0n) is 13.0. The van der Waals surface area contributed by atoms with Crippen LogP contribution in [0.2, 0.25) is 0 Å². The standard InChI is InChI=1S/C16H23NO4/c1-4-5-9-15(21-13(2)18)11-10-14-8-6-7-12-17(14)16(19)20-3/h8,15H,4-7,9,12H2,1-3H3. The maximum absolute atomic E-state index is 11.7. The van der Waals surface area contributed by atoms with E-state index in [1.165, 1.54) is 18.9 Å². The van der Waals surface area contributed by atoms with Gasteiger partial charge < -0.3 is 9.47 Å².